The van der Waals surface area contributed by atoms with Crippen molar-refractivity contribution in [1.82, 2.24) is 0 Å². The molecule has 4 spiro atoms. The van der Waals surface area contributed by atoms with E-state index >= 15 is 0 Å². The first-order valence-corrected chi connectivity index (χ1v) is 36.4. The molecule has 19 nitrogen and oxygen atoms in total. The van der Waals surface area contributed by atoms with E-state index in [1.165, 1.54) is 62.5 Å². The quantitative estimate of drug-likeness (QED) is 0.0245. The molecule has 22 atom stereocenters. The van der Waals surface area contributed by atoms with Crippen LogP contribution in [0.2, 0.25) is 0 Å². The van der Waals surface area contributed by atoms with Gasteiger partial charge in [0.05, 0.1) is 22.4 Å². The van der Waals surface area contributed by atoms with Gasteiger partial charge in [0.2, 0.25) is 0 Å². The number of aliphatic hydroxyl groups is 2. The topological polar surface area (TPSA) is 262 Å². The van der Waals surface area contributed by atoms with Gasteiger partial charge in [0.1, 0.15) is 0 Å². The van der Waals surface area contributed by atoms with Crippen LogP contribution in [-0.2, 0) is 53.0 Å². The predicted octanol–water partition coefficient (Wildman–Crippen LogP) is 14.9. The van der Waals surface area contributed by atoms with Crippen LogP contribution in [-0.4, -0.2) is 96.5 Å². The molecule has 8 saturated heterocycles. The van der Waals surface area contributed by atoms with Crippen LogP contribution in [0.1, 0.15) is 233 Å². The number of ether oxygens (including phenoxy) is 4. The van der Waals surface area contributed by atoms with Gasteiger partial charge in [-0.1, -0.05) is 147 Å². The van der Waals surface area contributed by atoms with E-state index in [-0.39, 0.29) is 68.3 Å². The van der Waals surface area contributed by atoms with Crippen LogP contribution >= 0.6 is 49.3 Å². The first-order valence-electron chi connectivity index (χ1n) is 33.8. The van der Waals surface area contributed by atoms with Crippen LogP contribution in [0, 0.1) is 106 Å². The molecular formula is C67H119NaO19S4. The summed E-state index contributed by atoms with van der Waals surface area (Å²) in [5.41, 5.74) is 2.80. The molecule has 91 heavy (non-hydrogen) atoms. The molecule has 0 amide bonds. The second-order valence-corrected chi connectivity index (χ2v) is 32.8. The van der Waals surface area contributed by atoms with Gasteiger partial charge >= 0.3 is 29.6 Å². The monoisotopic (exact) mass is 1380 g/mol. The first-order chi connectivity index (χ1) is 42.1. The van der Waals surface area contributed by atoms with Crippen molar-refractivity contribution in [2.45, 2.75) is 279 Å². The molecular weight excluding hydrogens is 1260 g/mol. The Morgan fingerprint density at radius 3 is 1.10 bits per heavy atom. The Kier molecular flexibility index (Phi) is 29.9. The van der Waals surface area contributed by atoms with Gasteiger partial charge in [0, 0.05) is 75.4 Å². The zero-order valence-corrected chi connectivity index (χ0v) is 64.2. The van der Waals surface area contributed by atoms with Crippen molar-refractivity contribution < 1.29 is 119 Å². The van der Waals surface area contributed by atoms with E-state index in [1.807, 2.05) is 0 Å². The van der Waals surface area contributed by atoms with Crippen LogP contribution in [0.4, 0.5) is 0 Å². The number of hydrogen-bond donors (Lipinski definition) is 6. The molecule has 8 aliphatic heterocycles. The van der Waals surface area contributed by atoms with E-state index < -0.39 is 23.1 Å². The molecule has 12 rings (SSSR count). The molecule has 0 aromatic rings. The molecule has 24 heteroatoms. The summed E-state index contributed by atoms with van der Waals surface area (Å²) < 4.78 is 66.8. The Balaban J connectivity index is 0.000000215. The second kappa shape index (κ2) is 32.8. The van der Waals surface area contributed by atoms with Crippen LogP contribution in [0.3, 0.4) is 0 Å². The molecule has 4 aliphatic carbocycles. The summed E-state index contributed by atoms with van der Waals surface area (Å²) in [6.07, 6.45) is 21.7. The fraction of sp³-hybridized carbons (Fsp3) is 0.940. The Morgan fingerprint density at radius 1 is 0.473 bits per heavy atom. The number of hydrogen-bond acceptors (Lipinski definition) is 23. The Hall–Kier alpha value is 1.12. The molecule has 0 aromatic heterocycles. The van der Waals surface area contributed by atoms with Crippen molar-refractivity contribution in [3.63, 3.8) is 0 Å². The van der Waals surface area contributed by atoms with Crippen LogP contribution in [0.5, 0.6) is 0 Å². The maximum Gasteiger partial charge on any atom is 1.00 e. The zero-order chi connectivity index (χ0) is 66.1. The van der Waals surface area contributed by atoms with Gasteiger partial charge in [-0.3, -0.25) is 16.7 Å². The number of allylic oxidation sites excluding steroid dienone is 1. The molecule has 12 aliphatic rings. The van der Waals surface area contributed by atoms with Gasteiger partial charge in [0.15, 0.2) is 72.4 Å². The third-order valence-electron chi connectivity index (χ3n) is 26.0. The van der Waals surface area contributed by atoms with Crippen molar-refractivity contribution in [1.29, 1.82) is 0 Å². The van der Waals surface area contributed by atoms with Crippen LogP contribution in [0.15, 0.2) is 23.8 Å². The predicted molar refractivity (Wildman–Crippen MR) is 351 cm³/mol. The van der Waals surface area contributed by atoms with Crippen molar-refractivity contribution >= 4 is 49.3 Å². The van der Waals surface area contributed by atoms with Crippen molar-refractivity contribution in [3.8, 4) is 0 Å². The second-order valence-electron chi connectivity index (χ2n) is 31.0. The molecule has 22 unspecified atom stereocenters. The SMILES string of the molecule is C/C=C1\CC2(OSOO)OC3(CC2C(C)C)C(C)CCC13.C=C1CC2(OSOO)OC3(CC2C(C)C)C(C)CCC13.CCC1(C)CC2(OSOO)OC3(CC2C(C)C)C(C)CCC13.CCC1(C)CC2(OSOO)OC3(CC2C(C)C)C(C)CCC13.CO.CO.[Na+].[OH-]. The summed E-state index contributed by atoms with van der Waals surface area (Å²) in [5.74, 6) is 4.93. The van der Waals surface area contributed by atoms with Crippen molar-refractivity contribution in [2.24, 2.45) is 106 Å². The average Bonchev–Trinajstić information content (AvgIpc) is 1.61. The minimum Gasteiger partial charge on any atom is -0.870 e. The number of rotatable bonds is 18. The van der Waals surface area contributed by atoms with Gasteiger partial charge in [-0.2, -0.15) is 0 Å². The standard InChI is InChI=1S/2C17H30O4S.C16H26O4S.C15H24O4S.2CH4O.Na.H2O/c2*1-6-15(5)10-17(20-22-21-18)13(11(2)3)9-16(19-17)12(4)7-8-14(15)16;1-5-12-8-16(19-21-20-17)14(10(2)3)9-15(18-16)11(4)6-7-13(12)15;1-9(2)13-8-14-11(4)5-6-12(14)10(3)7-15(13,17-14)18-20-19-16;2*1-2;;/h2*11-14,18H,6-10H2,1-5H3;5,10-11,13-14,17H,6-9H2,1-4H3;9,11-13,16H,3,5-8H2,1-2,4H3;2*2H,1H3;;1H2/q;;;;;;+1;/p-1/b;;12-5+;;;;;. The zero-order valence-electron chi connectivity index (χ0n) is 58.9. The minimum absolute atomic E-state index is 0. The maximum absolute atomic E-state index is 8.75. The number of aliphatic hydroxyl groups excluding tert-OH is 2. The van der Waals surface area contributed by atoms with Gasteiger partial charge in [0.25, 0.3) is 0 Å². The molecule has 526 valence electrons. The molecule has 0 aromatic carbocycles. The summed E-state index contributed by atoms with van der Waals surface area (Å²) in [4.78, 5) is 0. The molecule has 0 radical (unpaired) electrons. The fourth-order valence-electron chi connectivity index (χ4n) is 21.4. The third kappa shape index (κ3) is 14.5. The Labute approximate surface area is 586 Å². The summed E-state index contributed by atoms with van der Waals surface area (Å²) in [7, 11) is 2.00. The summed E-state index contributed by atoms with van der Waals surface area (Å²) in [6.45, 7) is 42.9. The summed E-state index contributed by atoms with van der Waals surface area (Å²) in [5, 5.41) is 48.8. The first kappa shape index (κ1) is 82.8. The minimum atomic E-state index is -0.701. The van der Waals surface area contributed by atoms with E-state index in [4.69, 9.17) is 66.9 Å². The summed E-state index contributed by atoms with van der Waals surface area (Å²) in [6, 6.07) is 0. The smallest absolute Gasteiger partial charge is 0.870 e. The average molecular weight is 1380 g/mol. The van der Waals surface area contributed by atoms with E-state index in [2.05, 4.69) is 148 Å². The molecule has 12 fully saturated rings. The third-order valence-corrected chi connectivity index (χ3v) is 27.6. The van der Waals surface area contributed by atoms with E-state index in [0.717, 1.165) is 72.0 Å². The van der Waals surface area contributed by atoms with Crippen molar-refractivity contribution in [2.75, 3.05) is 14.2 Å². The Bertz CT molecular complexity index is 2270. The van der Waals surface area contributed by atoms with E-state index in [9.17, 15) is 0 Å². The van der Waals surface area contributed by atoms with Gasteiger partial charge < -0.3 is 34.6 Å². The van der Waals surface area contributed by atoms with E-state index in [0.29, 0.717) is 150 Å². The Morgan fingerprint density at radius 2 is 0.758 bits per heavy atom. The normalized spacial score (nSPS) is 45.9. The molecule has 4 saturated carbocycles. The summed E-state index contributed by atoms with van der Waals surface area (Å²) >= 11 is 2.56. The maximum atomic E-state index is 8.75. The molecule has 8 bridgehead atoms. The fourth-order valence-corrected chi connectivity index (χ4v) is 22.8. The van der Waals surface area contributed by atoms with Crippen LogP contribution < -0.4 is 29.6 Å². The van der Waals surface area contributed by atoms with E-state index in [1.54, 1.807) is 0 Å². The van der Waals surface area contributed by atoms with Crippen molar-refractivity contribution in [3.05, 3.63) is 23.8 Å². The largest absolute Gasteiger partial charge is 1.00 e. The molecule has 8 heterocycles. The van der Waals surface area contributed by atoms with Crippen LogP contribution in [0.25, 0.3) is 0 Å². The van der Waals surface area contributed by atoms with Gasteiger partial charge in [-0.15, -0.1) is 17.3 Å². The van der Waals surface area contributed by atoms with Gasteiger partial charge in [-0.05, 0) is 154 Å². The number of fused-ring (bicyclic) bond motifs is 4. The molecule has 7 N–H and O–H groups in total. The van der Waals surface area contributed by atoms with Gasteiger partial charge in [-0.25, -0.2) is 21.0 Å².